The molecular formula is C15H12BrClN2O2. The summed E-state index contributed by atoms with van der Waals surface area (Å²) >= 11 is 9.63. The molecule has 0 radical (unpaired) electrons. The van der Waals surface area contributed by atoms with Crippen molar-refractivity contribution >= 4 is 39.1 Å². The third-order valence-electron chi connectivity index (χ3n) is 3.34. The fraction of sp³-hybridized carbons (Fsp3) is 0.133. The van der Waals surface area contributed by atoms with Crippen molar-refractivity contribution in [2.45, 2.75) is 13.0 Å². The predicted octanol–water partition coefficient (Wildman–Crippen LogP) is 4.16. The number of carbonyl (C=O) groups excluding carboxylic acids is 1. The van der Waals surface area contributed by atoms with Gasteiger partial charge in [-0.3, -0.25) is 4.79 Å². The van der Waals surface area contributed by atoms with Crippen LogP contribution >= 0.6 is 27.5 Å². The maximum absolute atomic E-state index is 11.6. The Hall–Kier alpha value is -1.56. The molecule has 2 aromatic rings. The molecule has 0 fully saturated rings. The van der Waals surface area contributed by atoms with Crippen molar-refractivity contribution < 1.29 is 9.53 Å². The van der Waals surface area contributed by atoms with Gasteiger partial charge in [0.15, 0.2) is 0 Å². The van der Waals surface area contributed by atoms with Gasteiger partial charge in [0.25, 0.3) is 0 Å². The van der Waals surface area contributed by atoms with E-state index in [2.05, 4.69) is 21.2 Å². The Morgan fingerprint density at radius 2 is 2.05 bits per heavy atom. The molecule has 108 valence electrons. The number of rotatable bonds is 2. The van der Waals surface area contributed by atoms with E-state index < -0.39 is 6.04 Å². The zero-order chi connectivity index (χ0) is 15.1. The number of carbonyl (C=O) groups is 1. The van der Waals surface area contributed by atoms with Crippen LogP contribution in [-0.2, 0) is 4.79 Å². The molecule has 1 aliphatic rings. The molecule has 21 heavy (non-hydrogen) atoms. The van der Waals surface area contributed by atoms with Crippen LogP contribution in [0.5, 0.6) is 11.5 Å². The Kier molecular flexibility index (Phi) is 3.65. The first-order valence-corrected chi connectivity index (χ1v) is 7.46. The summed E-state index contributed by atoms with van der Waals surface area (Å²) < 4.78 is 6.82. The van der Waals surface area contributed by atoms with Crippen molar-refractivity contribution in [2.75, 3.05) is 5.32 Å². The van der Waals surface area contributed by atoms with E-state index >= 15 is 0 Å². The lowest BCUT2D eigenvalue weighted by Gasteiger charge is -2.12. The Labute approximate surface area is 135 Å². The van der Waals surface area contributed by atoms with Crippen molar-refractivity contribution in [3.05, 3.63) is 51.0 Å². The summed E-state index contributed by atoms with van der Waals surface area (Å²) in [5, 5.41) is 3.13. The molecule has 3 rings (SSSR count). The molecule has 0 spiro atoms. The molecule has 1 atom stereocenters. The number of nitrogens with one attached hydrogen (secondary N) is 1. The van der Waals surface area contributed by atoms with Gasteiger partial charge in [0.05, 0.1) is 5.02 Å². The van der Waals surface area contributed by atoms with E-state index in [0.717, 1.165) is 10.0 Å². The number of fused-ring (bicyclic) bond motifs is 1. The van der Waals surface area contributed by atoms with Gasteiger partial charge in [-0.2, -0.15) is 0 Å². The summed E-state index contributed by atoms with van der Waals surface area (Å²) in [6.07, 6.45) is 0. The summed E-state index contributed by atoms with van der Waals surface area (Å²) in [7, 11) is 0. The predicted molar refractivity (Wildman–Crippen MR) is 86.0 cm³/mol. The van der Waals surface area contributed by atoms with Gasteiger partial charge in [-0.05, 0) is 36.8 Å². The van der Waals surface area contributed by atoms with Crippen LogP contribution in [0, 0.1) is 6.92 Å². The molecule has 1 aliphatic heterocycles. The lowest BCUT2D eigenvalue weighted by molar-refractivity contribution is -0.116. The largest absolute Gasteiger partial charge is 0.455 e. The van der Waals surface area contributed by atoms with Crippen LogP contribution in [0.4, 0.5) is 5.69 Å². The third kappa shape index (κ3) is 2.64. The molecular weight excluding hydrogens is 356 g/mol. The minimum Gasteiger partial charge on any atom is -0.455 e. The number of ether oxygens (including phenoxy) is 1. The number of hydrogen-bond acceptors (Lipinski definition) is 3. The SMILES string of the molecule is Cc1cc(Br)ccc1Oc1cc2c(cc1Cl)C(N)C(=O)N2. The van der Waals surface area contributed by atoms with Crippen LogP contribution in [0.25, 0.3) is 0 Å². The molecule has 0 saturated carbocycles. The minimum atomic E-state index is -0.680. The number of anilines is 1. The molecule has 0 saturated heterocycles. The second-order valence-corrected chi connectivity index (χ2v) is 6.17. The van der Waals surface area contributed by atoms with E-state index in [1.54, 1.807) is 12.1 Å². The maximum Gasteiger partial charge on any atom is 0.245 e. The number of aryl methyl sites for hydroxylation is 1. The van der Waals surface area contributed by atoms with Crippen LogP contribution in [0.2, 0.25) is 5.02 Å². The summed E-state index contributed by atoms with van der Waals surface area (Å²) in [4.78, 5) is 11.6. The van der Waals surface area contributed by atoms with Gasteiger partial charge in [-0.25, -0.2) is 0 Å². The Bertz CT molecular complexity index is 749. The highest BCUT2D eigenvalue weighted by Crippen LogP contribution is 2.40. The second-order valence-electron chi connectivity index (χ2n) is 4.85. The summed E-state index contributed by atoms with van der Waals surface area (Å²) in [5.74, 6) is 0.946. The molecule has 2 aromatic carbocycles. The Balaban J connectivity index is 1.97. The number of benzene rings is 2. The Morgan fingerprint density at radius 1 is 1.29 bits per heavy atom. The van der Waals surface area contributed by atoms with Crippen molar-refractivity contribution in [1.29, 1.82) is 0 Å². The van der Waals surface area contributed by atoms with Crippen LogP contribution in [0.15, 0.2) is 34.8 Å². The molecule has 1 unspecified atom stereocenters. The van der Waals surface area contributed by atoms with Crippen molar-refractivity contribution in [3.63, 3.8) is 0 Å². The van der Waals surface area contributed by atoms with Gasteiger partial charge in [0, 0.05) is 21.8 Å². The number of nitrogens with two attached hydrogens (primary N) is 1. The normalized spacial score (nSPS) is 16.6. The van der Waals surface area contributed by atoms with Crippen LogP contribution in [0.3, 0.4) is 0 Å². The maximum atomic E-state index is 11.6. The number of amides is 1. The second kappa shape index (κ2) is 5.33. The van der Waals surface area contributed by atoms with E-state index in [0.29, 0.717) is 27.8 Å². The molecule has 1 amide bonds. The number of halogens is 2. The molecule has 0 aliphatic carbocycles. The number of hydrogen-bond donors (Lipinski definition) is 2. The lowest BCUT2D eigenvalue weighted by atomic mass is 10.1. The van der Waals surface area contributed by atoms with Crippen molar-refractivity contribution in [2.24, 2.45) is 5.73 Å². The van der Waals surface area contributed by atoms with E-state index in [1.165, 1.54) is 0 Å². The average molecular weight is 368 g/mol. The summed E-state index contributed by atoms with van der Waals surface area (Å²) in [6, 6.07) is 8.39. The van der Waals surface area contributed by atoms with E-state index in [1.807, 2.05) is 25.1 Å². The molecule has 3 N–H and O–H groups in total. The van der Waals surface area contributed by atoms with Gasteiger partial charge in [-0.1, -0.05) is 27.5 Å². The van der Waals surface area contributed by atoms with E-state index in [4.69, 9.17) is 22.1 Å². The standard InChI is InChI=1S/C15H12BrClN2O2/c1-7-4-8(16)2-3-12(7)21-13-6-11-9(5-10(13)17)14(18)15(20)19-11/h2-6,14H,18H2,1H3,(H,19,20). The Morgan fingerprint density at radius 3 is 2.76 bits per heavy atom. The van der Waals surface area contributed by atoms with Gasteiger partial charge >= 0.3 is 0 Å². The fourth-order valence-corrected chi connectivity index (χ4v) is 2.90. The topological polar surface area (TPSA) is 64.3 Å². The van der Waals surface area contributed by atoms with Crippen LogP contribution < -0.4 is 15.8 Å². The monoisotopic (exact) mass is 366 g/mol. The highest BCUT2D eigenvalue weighted by molar-refractivity contribution is 9.10. The average Bonchev–Trinajstić information content (AvgIpc) is 2.69. The highest BCUT2D eigenvalue weighted by Gasteiger charge is 2.28. The highest BCUT2D eigenvalue weighted by atomic mass is 79.9. The minimum absolute atomic E-state index is 0.238. The van der Waals surface area contributed by atoms with Crippen LogP contribution in [0.1, 0.15) is 17.2 Å². The smallest absolute Gasteiger partial charge is 0.245 e. The molecule has 0 aromatic heterocycles. The first-order valence-electron chi connectivity index (χ1n) is 6.29. The van der Waals surface area contributed by atoms with Gasteiger partial charge in [-0.15, -0.1) is 0 Å². The first-order chi connectivity index (χ1) is 9.95. The summed E-state index contributed by atoms with van der Waals surface area (Å²) in [5.41, 5.74) is 8.08. The molecule has 6 heteroatoms. The fourth-order valence-electron chi connectivity index (χ4n) is 2.21. The molecule has 4 nitrogen and oxygen atoms in total. The zero-order valence-electron chi connectivity index (χ0n) is 11.1. The lowest BCUT2D eigenvalue weighted by Crippen LogP contribution is -2.19. The molecule has 1 heterocycles. The summed E-state index contributed by atoms with van der Waals surface area (Å²) in [6.45, 7) is 1.94. The first kappa shape index (κ1) is 14.4. The van der Waals surface area contributed by atoms with Crippen molar-refractivity contribution in [3.8, 4) is 11.5 Å². The zero-order valence-corrected chi connectivity index (χ0v) is 13.5. The van der Waals surface area contributed by atoms with E-state index in [-0.39, 0.29) is 5.91 Å². The third-order valence-corrected chi connectivity index (χ3v) is 4.12. The van der Waals surface area contributed by atoms with Crippen molar-refractivity contribution in [1.82, 2.24) is 0 Å². The van der Waals surface area contributed by atoms with Crippen LogP contribution in [-0.4, -0.2) is 5.91 Å². The van der Waals surface area contributed by atoms with E-state index in [9.17, 15) is 4.79 Å². The molecule has 0 bridgehead atoms. The quantitative estimate of drug-likeness (QED) is 0.838. The van der Waals surface area contributed by atoms with Gasteiger partial charge < -0.3 is 15.8 Å². The van der Waals surface area contributed by atoms with Gasteiger partial charge in [0.1, 0.15) is 17.5 Å². The van der Waals surface area contributed by atoms with Gasteiger partial charge in [0.2, 0.25) is 5.91 Å².